The number of rotatable bonds is 6. The van der Waals surface area contributed by atoms with Crippen LogP contribution in [0.3, 0.4) is 0 Å². The average molecular weight is 344 g/mol. The number of nitrogens with one attached hydrogen (secondary N) is 2. The summed E-state index contributed by atoms with van der Waals surface area (Å²) in [6, 6.07) is 8.65. The molecule has 2 amide bonds. The summed E-state index contributed by atoms with van der Waals surface area (Å²) in [4.78, 5) is 23.7. The molecule has 4 nitrogen and oxygen atoms in total. The van der Waals surface area contributed by atoms with Crippen LogP contribution in [0.2, 0.25) is 0 Å². The Hall–Kier alpha value is -2.62. The molecule has 25 heavy (non-hydrogen) atoms. The van der Waals surface area contributed by atoms with Gasteiger partial charge in [-0.25, -0.2) is 4.79 Å². The van der Waals surface area contributed by atoms with Crippen LogP contribution in [0, 0.1) is 0 Å². The van der Waals surface area contributed by atoms with Crippen molar-refractivity contribution < 1.29 is 9.59 Å². The highest BCUT2D eigenvalue weighted by Crippen LogP contribution is 2.29. The lowest BCUT2D eigenvalue weighted by atomic mass is 9.83. The first kappa shape index (κ1) is 24.6. The smallest absolute Gasteiger partial charge is 0.315 e. The van der Waals surface area contributed by atoms with Gasteiger partial charge in [0.25, 0.3) is 0 Å². The van der Waals surface area contributed by atoms with E-state index >= 15 is 0 Å². The van der Waals surface area contributed by atoms with E-state index in [4.69, 9.17) is 0 Å². The van der Waals surface area contributed by atoms with Gasteiger partial charge in [-0.3, -0.25) is 4.79 Å². The molecule has 0 aliphatic heterocycles. The molecule has 1 unspecified atom stereocenters. The normalized spacial score (nSPS) is 12.5. The van der Waals surface area contributed by atoms with Gasteiger partial charge in [0, 0.05) is 7.05 Å². The molecule has 0 aromatic heterocycles. The van der Waals surface area contributed by atoms with E-state index in [0.29, 0.717) is 11.1 Å². The van der Waals surface area contributed by atoms with Crippen LogP contribution in [-0.4, -0.2) is 19.4 Å². The van der Waals surface area contributed by atoms with E-state index in [1.165, 1.54) is 7.05 Å². The molecule has 0 spiro atoms. The van der Waals surface area contributed by atoms with Gasteiger partial charge in [0.05, 0.1) is 0 Å². The summed E-state index contributed by atoms with van der Waals surface area (Å²) in [5.74, 6) is 0. The minimum absolute atomic E-state index is 0.439. The van der Waals surface area contributed by atoms with Crippen LogP contribution in [-0.2, 0) is 10.3 Å². The van der Waals surface area contributed by atoms with Crippen LogP contribution < -0.4 is 10.6 Å². The van der Waals surface area contributed by atoms with Crippen molar-refractivity contribution in [2.75, 3.05) is 7.05 Å². The fourth-order valence-corrected chi connectivity index (χ4v) is 2.04. The first-order valence-electron chi connectivity index (χ1n) is 8.62. The van der Waals surface area contributed by atoms with Gasteiger partial charge in [-0.1, -0.05) is 88.9 Å². The second-order valence-corrected chi connectivity index (χ2v) is 4.35. The number of hydrogen-bond acceptors (Lipinski definition) is 2. The van der Waals surface area contributed by atoms with Crippen molar-refractivity contribution in [1.29, 1.82) is 0 Å². The van der Waals surface area contributed by atoms with Crippen molar-refractivity contribution in [2.24, 2.45) is 0 Å². The van der Waals surface area contributed by atoms with Gasteiger partial charge >= 0.3 is 6.03 Å². The summed E-state index contributed by atoms with van der Waals surface area (Å²) < 4.78 is 0. The second-order valence-electron chi connectivity index (χ2n) is 4.35. The highest BCUT2D eigenvalue weighted by Gasteiger charge is 2.36. The molecule has 138 valence electrons. The molecule has 0 saturated carbocycles. The van der Waals surface area contributed by atoms with Gasteiger partial charge < -0.3 is 10.6 Å². The predicted molar refractivity (Wildman–Crippen MR) is 108 cm³/mol. The van der Waals surface area contributed by atoms with Crippen molar-refractivity contribution >= 4 is 12.3 Å². The maximum atomic E-state index is 11.9. The fourth-order valence-electron chi connectivity index (χ4n) is 2.04. The molecule has 0 radical (unpaired) electrons. The summed E-state index contributed by atoms with van der Waals surface area (Å²) in [5, 5.41) is 5.21. The SMILES string of the molecule is C=C/C=C(\C=C/C)C(C=O)(NC(=O)NC)c1ccccc1.CC.CC. The molecule has 1 rings (SSSR count). The lowest BCUT2D eigenvalue weighted by Crippen LogP contribution is -2.51. The van der Waals surface area contributed by atoms with Crippen LogP contribution in [0.25, 0.3) is 0 Å². The van der Waals surface area contributed by atoms with Gasteiger partial charge in [0.15, 0.2) is 6.29 Å². The summed E-state index contributed by atoms with van der Waals surface area (Å²) in [6.07, 6.45) is 7.60. The molecule has 0 aliphatic carbocycles. The zero-order chi connectivity index (χ0) is 19.7. The topological polar surface area (TPSA) is 58.2 Å². The van der Waals surface area contributed by atoms with Gasteiger partial charge in [0.1, 0.15) is 5.54 Å². The summed E-state index contributed by atoms with van der Waals surface area (Å²) >= 11 is 0. The number of benzene rings is 1. The molecule has 0 aliphatic rings. The Labute approximate surface area is 152 Å². The van der Waals surface area contributed by atoms with Gasteiger partial charge in [-0.2, -0.15) is 0 Å². The molecule has 1 aromatic carbocycles. The Morgan fingerprint density at radius 1 is 1.12 bits per heavy atom. The third kappa shape index (κ3) is 7.21. The Morgan fingerprint density at radius 2 is 1.68 bits per heavy atom. The van der Waals surface area contributed by atoms with Crippen molar-refractivity contribution in [1.82, 2.24) is 10.6 Å². The lowest BCUT2D eigenvalue weighted by molar-refractivity contribution is -0.112. The van der Waals surface area contributed by atoms with E-state index in [2.05, 4.69) is 17.2 Å². The first-order valence-corrected chi connectivity index (χ1v) is 8.62. The fraction of sp³-hybridized carbons (Fsp3) is 0.333. The first-order chi connectivity index (χ1) is 12.1. The van der Waals surface area contributed by atoms with Crippen molar-refractivity contribution in [2.45, 2.75) is 40.2 Å². The Balaban J connectivity index is 0. The molecule has 0 bridgehead atoms. The van der Waals surface area contributed by atoms with E-state index in [0.717, 1.165) is 6.29 Å². The summed E-state index contributed by atoms with van der Waals surface area (Å²) in [6.45, 7) is 13.5. The summed E-state index contributed by atoms with van der Waals surface area (Å²) in [7, 11) is 1.50. The highest BCUT2D eigenvalue weighted by molar-refractivity contribution is 5.85. The lowest BCUT2D eigenvalue weighted by Gasteiger charge is -2.31. The third-order valence-electron chi connectivity index (χ3n) is 3.04. The largest absolute Gasteiger partial charge is 0.341 e. The number of hydrogen-bond donors (Lipinski definition) is 2. The molecular formula is C21H32N2O2. The minimum Gasteiger partial charge on any atom is -0.341 e. The third-order valence-corrected chi connectivity index (χ3v) is 3.04. The van der Waals surface area contributed by atoms with Crippen molar-refractivity contribution in [3.8, 4) is 0 Å². The average Bonchev–Trinajstić information content (AvgIpc) is 2.69. The van der Waals surface area contributed by atoms with Gasteiger partial charge in [-0.15, -0.1) is 0 Å². The Bertz CT molecular complexity index is 563. The van der Waals surface area contributed by atoms with E-state index in [1.54, 1.807) is 30.4 Å². The number of carbonyl (C=O) groups excluding carboxylic acids is 2. The monoisotopic (exact) mass is 344 g/mol. The molecule has 0 saturated heterocycles. The number of urea groups is 1. The maximum Gasteiger partial charge on any atom is 0.315 e. The molecule has 1 atom stereocenters. The Kier molecular flexibility index (Phi) is 14.7. The molecule has 0 fully saturated rings. The van der Waals surface area contributed by atoms with Crippen molar-refractivity contribution in [3.63, 3.8) is 0 Å². The molecular weight excluding hydrogens is 312 g/mol. The minimum atomic E-state index is -1.26. The number of carbonyl (C=O) groups is 2. The van der Waals surface area contributed by atoms with Crippen LogP contribution >= 0.6 is 0 Å². The van der Waals surface area contributed by atoms with E-state index in [-0.39, 0.29) is 0 Å². The summed E-state index contributed by atoms with van der Waals surface area (Å²) in [5.41, 5.74) is 0.0433. The second kappa shape index (κ2) is 14.9. The van der Waals surface area contributed by atoms with Crippen LogP contribution in [0.5, 0.6) is 0 Å². The van der Waals surface area contributed by atoms with Crippen LogP contribution in [0.1, 0.15) is 40.2 Å². The number of allylic oxidation sites excluding steroid dienone is 3. The quantitative estimate of drug-likeness (QED) is 0.578. The van der Waals surface area contributed by atoms with Crippen LogP contribution in [0.4, 0.5) is 4.79 Å². The standard InChI is InChI=1S/C17H20N2O2.2C2H6/c1-4-9-14(10-5-2)17(13-20,19-16(21)18-3)15-11-7-6-8-12-15;2*1-2/h4-13H,1H2,2-3H3,(H2,18,19,21);2*1-2H3/b10-5-,14-9+;;. The molecule has 2 N–H and O–H groups in total. The van der Waals surface area contributed by atoms with Crippen molar-refractivity contribution in [3.05, 3.63) is 72.4 Å². The molecule has 0 heterocycles. The van der Waals surface area contributed by atoms with E-state index in [9.17, 15) is 9.59 Å². The zero-order valence-corrected chi connectivity index (χ0v) is 16.3. The maximum absolute atomic E-state index is 11.9. The highest BCUT2D eigenvalue weighted by atomic mass is 16.2. The van der Waals surface area contributed by atoms with E-state index < -0.39 is 11.6 Å². The van der Waals surface area contributed by atoms with Crippen LogP contribution in [0.15, 0.2) is 66.8 Å². The zero-order valence-electron chi connectivity index (χ0n) is 16.3. The van der Waals surface area contributed by atoms with Gasteiger partial charge in [-0.05, 0) is 18.1 Å². The Morgan fingerprint density at radius 3 is 2.08 bits per heavy atom. The number of amides is 2. The number of aldehydes is 1. The van der Waals surface area contributed by atoms with E-state index in [1.807, 2.05) is 58.9 Å². The molecule has 4 heteroatoms. The molecule has 1 aromatic rings. The predicted octanol–water partition coefficient (Wildman–Crippen LogP) is 4.75. The van der Waals surface area contributed by atoms with Gasteiger partial charge in [0.2, 0.25) is 0 Å².